The number of nitriles is 1. The van der Waals surface area contributed by atoms with E-state index in [2.05, 4.69) is 43.2 Å². The maximum absolute atomic E-state index is 14.5. The third kappa shape index (κ3) is 6.05. The lowest BCUT2D eigenvalue weighted by atomic mass is 10.0. The molecular formula is C28H32F2N8O2. The van der Waals surface area contributed by atoms with Crippen LogP contribution >= 0.6 is 0 Å². The lowest BCUT2D eigenvalue weighted by molar-refractivity contribution is -0.135. The Morgan fingerprint density at radius 3 is 2.55 bits per heavy atom. The number of nitrogens with zero attached hydrogens (tertiary/aromatic N) is 7. The van der Waals surface area contributed by atoms with E-state index in [9.17, 15) is 14.0 Å². The molecule has 4 heterocycles. The summed E-state index contributed by atoms with van der Waals surface area (Å²) in [6, 6.07) is 12.4. The first-order valence-corrected chi connectivity index (χ1v) is 13.1. The number of hydrogen-bond acceptors (Lipinski definition) is 10. The average Bonchev–Trinajstić information content (AvgIpc) is 2.95. The third-order valence-electron chi connectivity index (χ3n) is 7.16. The molecule has 12 heteroatoms. The lowest BCUT2D eigenvalue weighted by Crippen LogP contribution is -2.52. The van der Waals surface area contributed by atoms with E-state index in [4.69, 9.17) is 9.47 Å². The number of likely N-dealkylation sites (N-methyl/N-ethyl adjacent to an activating group) is 1. The fraction of sp³-hybridized carbons (Fsp3) is 0.429. The summed E-state index contributed by atoms with van der Waals surface area (Å²) in [4.78, 5) is 19.6. The van der Waals surface area contributed by atoms with Crippen molar-refractivity contribution in [1.82, 2.24) is 24.8 Å². The van der Waals surface area contributed by atoms with Crippen LogP contribution in [0.5, 0.6) is 11.6 Å². The summed E-state index contributed by atoms with van der Waals surface area (Å²) in [6.45, 7) is 3.83. The fourth-order valence-corrected chi connectivity index (χ4v) is 4.90. The summed E-state index contributed by atoms with van der Waals surface area (Å²) in [6.07, 6.45) is 0.478. The minimum absolute atomic E-state index is 0.129. The van der Waals surface area contributed by atoms with Gasteiger partial charge in [-0.3, -0.25) is 0 Å². The van der Waals surface area contributed by atoms with Crippen molar-refractivity contribution in [3.8, 4) is 29.0 Å². The minimum Gasteiger partial charge on any atom is -0.483 e. The molecule has 0 spiro atoms. The first kappa shape index (κ1) is 27.5. The van der Waals surface area contributed by atoms with Crippen molar-refractivity contribution in [3.63, 3.8) is 0 Å². The first-order chi connectivity index (χ1) is 19.3. The van der Waals surface area contributed by atoms with Crippen LogP contribution in [0.3, 0.4) is 0 Å². The molecule has 0 radical (unpaired) electrons. The number of halogens is 2. The molecule has 2 fully saturated rings. The Morgan fingerprint density at radius 1 is 1.02 bits per heavy atom. The zero-order valence-electron chi connectivity index (χ0n) is 22.8. The predicted molar refractivity (Wildman–Crippen MR) is 147 cm³/mol. The van der Waals surface area contributed by atoms with Crippen LogP contribution in [-0.4, -0.2) is 97.3 Å². The molecule has 1 atom stereocenters. The standard InChI is InChI=1S/C28H32F2N8O2/c1-36-12-14-38(15-13-36)22-5-7-25(34-26(22)39-3)35-27-32-10-8-21(33-27)19-4-6-23(20(16-19)17-31)40-24-9-11-37(2)18-28(24,29)30/h4-8,10,16,24H,9,11-15,18H2,1-3H3,(H,32,33,34,35). The molecule has 2 saturated heterocycles. The number of methoxy groups -OCH3 is 1. The Hall–Kier alpha value is -4.08. The molecule has 1 unspecified atom stereocenters. The third-order valence-corrected chi connectivity index (χ3v) is 7.16. The normalized spacial score (nSPS) is 19.6. The Morgan fingerprint density at radius 2 is 1.82 bits per heavy atom. The second-order valence-electron chi connectivity index (χ2n) is 10.1. The maximum Gasteiger partial charge on any atom is 0.296 e. The molecule has 3 aromatic rings. The largest absolute Gasteiger partial charge is 0.483 e. The molecule has 40 heavy (non-hydrogen) atoms. The highest BCUT2D eigenvalue weighted by molar-refractivity contribution is 5.66. The quantitative estimate of drug-likeness (QED) is 0.469. The topological polar surface area (TPSA) is 103 Å². The van der Waals surface area contributed by atoms with Gasteiger partial charge in [0.15, 0.2) is 6.10 Å². The van der Waals surface area contributed by atoms with Crippen molar-refractivity contribution in [2.45, 2.75) is 18.4 Å². The molecule has 0 aliphatic carbocycles. The smallest absolute Gasteiger partial charge is 0.296 e. The number of hydrogen-bond donors (Lipinski definition) is 1. The van der Waals surface area contributed by atoms with Crippen LogP contribution in [0.4, 0.5) is 26.2 Å². The summed E-state index contributed by atoms with van der Waals surface area (Å²) in [5, 5.41) is 12.8. The van der Waals surface area contributed by atoms with Gasteiger partial charge in [0.25, 0.3) is 5.92 Å². The second-order valence-corrected chi connectivity index (χ2v) is 10.1. The Balaban J connectivity index is 1.32. The zero-order chi connectivity index (χ0) is 28.3. The zero-order valence-corrected chi connectivity index (χ0v) is 22.8. The predicted octanol–water partition coefficient (Wildman–Crippen LogP) is 3.63. The highest BCUT2D eigenvalue weighted by Crippen LogP contribution is 2.34. The van der Waals surface area contributed by atoms with E-state index in [1.54, 1.807) is 49.5 Å². The summed E-state index contributed by atoms with van der Waals surface area (Å²) in [5.41, 5.74) is 2.26. The van der Waals surface area contributed by atoms with Crippen molar-refractivity contribution in [1.29, 1.82) is 5.26 Å². The van der Waals surface area contributed by atoms with E-state index < -0.39 is 12.0 Å². The summed E-state index contributed by atoms with van der Waals surface area (Å²) >= 11 is 0. The Kier molecular flexibility index (Phi) is 7.95. The van der Waals surface area contributed by atoms with E-state index >= 15 is 0 Å². The molecule has 1 N–H and O–H groups in total. The molecule has 0 amide bonds. The number of piperidine rings is 1. The van der Waals surface area contributed by atoms with Gasteiger partial charge in [0, 0.05) is 50.9 Å². The van der Waals surface area contributed by atoms with Crippen molar-refractivity contribution in [2.24, 2.45) is 0 Å². The van der Waals surface area contributed by atoms with Gasteiger partial charge in [-0.2, -0.15) is 10.2 Å². The van der Waals surface area contributed by atoms with E-state index in [0.29, 0.717) is 35.4 Å². The SMILES string of the molecule is COc1nc(Nc2nccc(-c3ccc(OC4CCN(C)CC4(F)F)c(C#N)c3)n2)ccc1N1CCN(C)CC1. The van der Waals surface area contributed by atoms with Crippen molar-refractivity contribution >= 4 is 17.5 Å². The molecular weight excluding hydrogens is 518 g/mol. The van der Waals surface area contributed by atoms with Crippen molar-refractivity contribution < 1.29 is 18.3 Å². The van der Waals surface area contributed by atoms with Gasteiger partial charge in [0.2, 0.25) is 11.8 Å². The number of rotatable bonds is 7. The van der Waals surface area contributed by atoms with Crippen molar-refractivity contribution in [2.75, 3.05) is 70.7 Å². The van der Waals surface area contributed by atoms with Crippen LogP contribution in [0, 0.1) is 11.3 Å². The van der Waals surface area contributed by atoms with E-state index in [-0.39, 0.29) is 24.3 Å². The molecule has 5 rings (SSSR count). The molecule has 2 aromatic heterocycles. The number of ether oxygens (including phenoxy) is 2. The van der Waals surface area contributed by atoms with Gasteiger partial charge in [-0.05, 0) is 50.5 Å². The van der Waals surface area contributed by atoms with Gasteiger partial charge in [0.05, 0.1) is 24.9 Å². The van der Waals surface area contributed by atoms with Crippen LogP contribution in [0.25, 0.3) is 11.3 Å². The minimum atomic E-state index is -3.01. The van der Waals surface area contributed by atoms with Crippen LogP contribution in [0.1, 0.15) is 12.0 Å². The number of alkyl halides is 2. The van der Waals surface area contributed by atoms with Gasteiger partial charge >= 0.3 is 0 Å². The van der Waals surface area contributed by atoms with E-state index in [0.717, 1.165) is 31.9 Å². The number of piperazine rings is 1. The van der Waals surface area contributed by atoms with Crippen LogP contribution < -0.4 is 19.7 Å². The molecule has 0 saturated carbocycles. The second kappa shape index (κ2) is 11.6. The number of anilines is 3. The van der Waals surface area contributed by atoms with Gasteiger partial charge in [-0.15, -0.1) is 0 Å². The highest BCUT2D eigenvalue weighted by Gasteiger charge is 2.45. The average molecular weight is 551 g/mol. The molecule has 10 nitrogen and oxygen atoms in total. The monoisotopic (exact) mass is 550 g/mol. The summed E-state index contributed by atoms with van der Waals surface area (Å²) in [5.74, 6) is -1.54. The van der Waals surface area contributed by atoms with Crippen LogP contribution in [-0.2, 0) is 0 Å². The molecule has 0 bridgehead atoms. The maximum atomic E-state index is 14.5. The Labute approximate surface area is 232 Å². The summed E-state index contributed by atoms with van der Waals surface area (Å²) in [7, 11) is 5.35. The lowest BCUT2D eigenvalue weighted by Gasteiger charge is -2.36. The number of benzene rings is 1. The van der Waals surface area contributed by atoms with Gasteiger partial charge in [-0.1, -0.05) is 0 Å². The fourth-order valence-electron chi connectivity index (χ4n) is 4.90. The van der Waals surface area contributed by atoms with E-state index in [1.165, 1.54) is 0 Å². The molecule has 1 aromatic carbocycles. The van der Waals surface area contributed by atoms with Gasteiger partial charge in [0.1, 0.15) is 23.3 Å². The van der Waals surface area contributed by atoms with Gasteiger partial charge in [-0.25, -0.2) is 18.7 Å². The summed E-state index contributed by atoms with van der Waals surface area (Å²) < 4.78 is 40.2. The van der Waals surface area contributed by atoms with Crippen LogP contribution in [0.15, 0.2) is 42.6 Å². The first-order valence-electron chi connectivity index (χ1n) is 13.1. The highest BCUT2D eigenvalue weighted by atomic mass is 19.3. The number of pyridine rings is 1. The molecule has 2 aliphatic heterocycles. The van der Waals surface area contributed by atoms with Crippen molar-refractivity contribution in [3.05, 3.63) is 48.2 Å². The van der Waals surface area contributed by atoms with Crippen LogP contribution in [0.2, 0.25) is 0 Å². The number of likely N-dealkylation sites (tertiary alicyclic amines) is 1. The molecule has 210 valence electrons. The Bertz CT molecular complexity index is 1390. The molecule has 2 aliphatic rings. The van der Waals surface area contributed by atoms with E-state index in [1.807, 2.05) is 12.1 Å². The number of nitrogens with one attached hydrogen (secondary N) is 1. The number of aromatic nitrogens is 3. The van der Waals surface area contributed by atoms with Gasteiger partial charge < -0.3 is 29.5 Å².